The zero-order valence-corrected chi connectivity index (χ0v) is 11.6. The Kier molecular flexibility index (Phi) is 4.37. The van der Waals surface area contributed by atoms with Crippen LogP contribution in [0.1, 0.15) is 10.4 Å². The molecule has 0 bridgehead atoms. The van der Waals surface area contributed by atoms with E-state index in [-0.39, 0.29) is 11.0 Å². The van der Waals surface area contributed by atoms with Crippen molar-refractivity contribution in [3.8, 4) is 11.5 Å². The van der Waals surface area contributed by atoms with Crippen molar-refractivity contribution in [2.24, 2.45) is 0 Å². The molecule has 104 valence electrons. The highest BCUT2D eigenvalue weighted by molar-refractivity contribution is 6.29. The van der Waals surface area contributed by atoms with Crippen LogP contribution >= 0.6 is 11.6 Å². The van der Waals surface area contributed by atoms with Crippen molar-refractivity contribution in [3.05, 3.63) is 41.3 Å². The minimum absolute atomic E-state index is 0.195. The summed E-state index contributed by atoms with van der Waals surface area (Å²) >= 11 is 5.71. The maximum atomic E-state index is 12.2. The first-order valence-electron chi connectivity index (χ1n) is 5.65. The Bertz CT molecular complexity index is 634. The number of ether oxygens (including phenoxy) is 2. The molecule has 0 aliphatic carbocycles. The molecule has 1 aromatic heterocycles. The Hall–Kier alpha value is -2.34. The van der Waals surface area contributed by atoms with Crippen molar-refractivity contribution in [1.29, 1.82) is 0 Å². The van der Waals surface area contributed by atoms with E-state index in [0.29, 0.717) is 17.1 Å². The number of anilines is 1. The molecule has 0 aliphatic heterocycles. The van der Waals surface area contributed by atoms with Gasteiger partial charge in [-0.2, -0.15) is 0 Å². The van der Waals surface area contributed by atoms with Gasteiger partial charge in [0.25, 0.3) is 5.91 Å². The highest BCUT2D eigenvalue weighted by atomic mass is 35.5. The van der Waals surface area contributed by atoms with Crippen LogP contribution in [0.5, 0.6) is 11.5 Å². The fraction of sp³-hybridized carbons (Fsp3) is 0.154. The van der Waals surface area contributed by atoms with Gasteiger partial charge in [-0.05, 0) is 12.1 Å². The molecular weight excluding hydrogens is 282 g/mol. The highest BCUT2D eigenvalue weighted by Gasteiger charge is 2.16. The Labute approximate surface area is 120 Å². The third-order valence-corrected chi connectivity index (χ3v) is 2.68. The first-order chi connectivity index (χ1) is 9.65. The number of halogens is 1. The van der Waals surface area contributed by atoms with Crippen LogP contribution in [-0.2, 0) is 0 Å². The molecule has 6 nitrogen and oxygen atoms in total. The summed E-state index contributed by atoms with van der Waals surface area (Å²) in [6.07, 6.45) is 2.78. The number of methoxy groups -OCH3 is 2. The summed E-state index contributed by atoms with van der Waals surface area (Å²) in [5.74, 6) is 0.685. The molecule has 1 N–H and O–H groups in total. The van der Waals surface area contributed by atoms with Crippen molar-refractivity contribution < 1.29 is 14.3 Å². The minimum atomic E-state index is -0.391. The molecule has 2 aromatic rings. The molecule has 2 rings (SSSR count). The minimum Gasteiger partial charge on any atom is -0.493 e. The number of hydrogen-bond acceptors (Lipinski definition) is 5. The quantitative estimate of drug-likeness (QED) is 0.937. The van der Waals surface area contributed by atoms with Crippen LogP contribution in [0.4, 0.5) is 5.82 Å². The number of carbonyl (C=O) groups excluding carboxylic acids is 1. The number of carbonyl (C=O) groups is 1. The van der Waals surface area contributed by atoms with E-state index in [1.54, 1.807) is 18.2 Å². The molecule has 0 radical (unpaired) electrons. The van der Waals surface area contributed by atoms with Gasteiger partial charge in [0.15, 0.2) is 17.3 Å². The van der Waals surface area contributed by atoms with Gasteiger partial charge in [0.2, 0.25) is 0 Å². The van der Waals surface area contributed by atoms with E-state index < -0.39 is 5.91 Å². The number of nitrogens with zero attached hydrogens (tertiary/aromatic N) is 2. The van der Waals surface area contributed by atoms with Gasteiger partial charge in [-0.15, -0.1) is 0 Å². The first-order valence-corrected chi connectivity index (χ1v) is 6.03. The summed E-state index contributed by atoms with van der Waals surface area (Å²) in [6, 6.07) is 5.02. The number of amides is 1. The molecule has 1 amide bonds. The fourth-order valence-corrected chi connectivity index (χ4v) is 1.80. The zero-order valence-electron chi connectivity index (χ0n) is 10.9. The van der Waals surface area contributed by atoms with Crippen molar-refractivity contribution in [2.45, 2.75) is 0 Å². The van der Waals surface area contributed by atoms with Crippen molar-refractivity contribution >= 4 is 23.3 Å². The molecular formula is C13H12ClN3O3. The Balaban J connectivity index is 2.30. The number of benzene rings is 1. The lowest BCUT2D eigenvalue weighted by Gasteiger charge is -2.12. The monoisotopic (exact) mass is 293 g/mol. The fourth-order valence-electron chi connectivity index (χ4n) is 1.65. The van der Waals surface area contributed by atoms with E-state index in [0.717, 1.165) is 0 Å². The molecule has 0 atom stereocenters. The summed E-state index contributed by atoms with van der Waals surface area (Å²) in [5, 5.41) is 2.79. The third kappa shape index (κ3) is 2.97. The lowest BCUT2D eigenvalue weighted by molar-refractivity contribution is 0.102. The van der Waals surface area contributed by atoms with Gasteiger partial charge >= 0.3 is 0 Å². The van der Waals surface area contributed by atoms with Gasteiger partial charge in [-0.25, -0.2) is 4.98 Å². The zero-order chi connectivity index (χ0) is 14.5. The van der Waals surface area contributed by atoms with Gasteiger partial charge in [0.1, 0.15) is 5.15 Å². The molecule has 0 aliphatic rings. The average molecular weight is 294 g/mol. The van der Waals surface area contributed by atoms with E-state index in [4.69, 9.17) is 21.1 Å². The van der Waals surface area contributed by atoms with Gasteiger partial charge in [-0.1, -0.05) is 17.7 Å². The number of hydrogen-bond donors (Lipinski definition) is 1. The summed E-state index contributed by atoms with van der Waals surface area (Å²) in [7, 11) is 2.97. The van der Waals surface area contributed by atoms with Gasteiger partial charge in [-0.3, -0.25) is 9.78 Å². The molecule has 0 saturated heterocycles. The Morgan fingerprint density at radius 1 is 1.25 bits per heavy atom. The van der Waals surface area contributed by atoms with Crippen LogP contribution in [0.25, 0.3) is 0 Å². The molecule has 0 spiro atoms. The summed E-state index contributed by atoms with van der Waals surface area (Å²) in [4.78, 5) is 20.0. The predicted octanol–water partition coefficient (Wildman–Crippen LogP) is 2.40. The summed E-state index contributed by atoms with van der Waals surface area (Å²) in [6.45, 7) is 0. The molecule has 0 unspecified atom stereocenters. The standard InChI is InChI=1S/C13H12ClN3O3/c1-19-9-5-3-4-8(12(9)20-2)13(18)17-11-7-15-6-10(14)16-11/h3-7H,1-2H3,(H,16,17,18). The molecule has 7 heteroatoms. The predicted molar refractivity (Wildman–Crippen MR) is 74.5 cm³/mol. The van der Waals surface area contributed by atoms with Gasteiger partial charge in [0.05, 0.1) is 32.2 Å². The van der Waals surface area contributed by atoms with E-state index in [1.807, 2.05) is 0 Å². The average Bonchev–Trinajstić information content (AvgIpc) is 2.46. The van der Waals surface area contributed by atoms with Crippen molar-refractivity contribution in [2.75, 3.05) is 19.5 Å². The van der Waals surface area contributed by atoms with E-state index >= 15 is 0 Å². The van der Waals surface area contributed by atoms with E-state index in [9.17, 15) is 4.79 Å². The molecule has 0 fully saturated rings. The van der Waals surface area contributed by atoms with E-state index in [2.05, 4.69) is 15.3 Å². The molecule has 20 heavy (non-hydrogen) atoms. The van der Waals surface area contributed by atoms with Crippen molar-refractivity contribution in [1.82, 2.24) is 9.97 Å². The Morgan fingerprint density at radius 3 is 2.70 bits per heavy atom. The second-order valence-electron chi connectivity index (χ2n) is 3.72. The number of para-hydroxylation sites is 1. The Morgan fingerprint density at radius 2 is 2.05 bits per heavy atom. The second kappa shape index (κ2) is 6.21. The van der Waals surface area contributed by atoms with Gasteiger partial charge in [0, 0.05) is 0 Å². The largest absolute Gasteiger partial charge is 0.493 e. The van der Waals surface area contributed by atoms with Crippen LogP contribution in [0, 0.1) is 0 Å². The second-order valence-corrected chi connectivity index (χ2v) is 4.11. The normalized spacial score (nSPS) is 9.95. The van der Waals surface area contributed by atoms with Crippen LogP contribution in [0.2, 0.25) is 5.15 Å². The first kappa shape index (κ1) is 14.1. The topological polar surface area (TPSA) is 73.3 Å². The summed E-state index contributed by atoms with van der Waals surface area (Å²) < 4.78 is 10.3. The third-order valence-electron chi connectivity index (χ3n) is 2.49. The van der Waals surface area contributed by atoms with Gasteiger partial charge < -0.3 is 14.8 Å². The SMILES string of the molecule is COc1cccc(C(=O)Nc2cncc(Cl)n2)c1OC. The number of nitrogens with one attached hydrogen (secondary N) is 1. The molecule has 1 heterocycles. The number of aromatic nitrogens is 2. The maximum Gasteiger partial charge on any atom is 0.260 e. The van der Waals surface area contributed by atoms with Crippen LogP contribution in [-0.4, -0.2) is 30.1 Å². The molecule has 1 aromatic carbocycles. The maximum absolute atomic E-state index is 12.2. The summed E-state index contributed by atoms with van der Waals surface area (Å²) in [5.41, 5.74) is 0.327. The van der Waals surface area contributed by atoms with E-state index in [1.165, 1.54) is 26.6 Å². The smallest absolute Gasteiger partial charge is 0.260 e. The van der Waals surface area contributed by atoms with Crippen LogP contribution < -0.4 is 14.8 Å². The van der Waals surface area contributed by atoms with Crippen LogP contribution in [0.15, 0.2) is 30.6 Å². The molecule has 0 saturated carbocycles. The van der Waals surface area contributed by atoms with Crippen molar-refractivity contribution in [3.63, 3.8) is 0 Å². The number of rotatable bonds is 4. The lowest BCUT2D eigenvalue weighted by atomic mass is 10.1. The lowest BCUT2D eigenvalue weighted by Crippen LogP contribution is -2.14. The van der Waals surface area contributed by atoms with Crippen LogP contribution in [0.3, 0.4) is 0 Å². The highest BCUT2D eigenvalue weighted by Crippen LogP contribution is 2.31.